The first-order valence-electron chi connectivity index (χ1n) is 7.37. The summed E-state index contributed by atoms with van der Waals surface area (Å²) in [6.07, 6.45) is 1.02. The fraction of sp³-hybridized carbons (Fsp3) is 0.353. The SMILES string of the molecule is CC(Oc1ccc(Cl)cc1)C(=O)NCC(c1ccco1)N(C)C. The number of carbonyl (C=O) groups excluding carboxylic acids is 1. The molecule has 6 heteroatoms. The number of nitrogens with one attached hydrogen (secondary N) is 1. The number of carbonyl (C=O) groups is 1. The molecule has 0 fully saturated rings. The number of likely N-dealkylation sites (N-methyl/N-ethyl adjacent to an activating group) is 1. The lowest BCUT2D eigenvalue weighted by Crippen LogP contribution is -2.40. The second-order valence-corrected chi connectivity index (χ2v) is 5.89. The first-order valence-corrected chi connectivity index (χ1v) is 7.75. The standard InChI is InChI=1S/C17H21ClN2O3/c1-12(23-14-8-6-13(18)7-9-14)17(21)19-11-15(20(2)3)16-5-4-10-22-16/h4-10,12,15H,11H2,1-3H3,(H,19,21). The third-order valence-electron chi connectivity index (χ3n) is 3.46. The van der Waals surface area contributed by atoms with E-state index in [1.165, 1.54) is 0 Å². The predicted molar refractivity (Wildman–Crippen MR) is 89.7 cm³/mol. The van der Waals surface area contributed by atoms with Crippen molar-refractivity contribution in [3.8, 4) is 5.75 Å². The van der Waals surface area contributed by atoms with Crippen LogP contribution in [-0.2, 0) is 4.79 Å². The Morgan fingerprint density at radius 3 is 2.57 bits per heavy atom. The van der Waals surface area contributed by atoms with Gasteiger partial charge in [-0.2, -0.15) is 0 Å². The molecule has 1 amide bonds. The molecule has 0 aliphatic rings. The van der Waals surface area contributed by atoms with Gasteiger partial charge < -0.3 is 14.5 Å². The molecule has 2 rings (SSSR count). The van der Waals surface area contributed by atoms with Gasteiger partial charge in [0.1, 0.15) is 11.5 Å². The average molecular weight is 337 g/mol. The summed E-state index contributed by atoms with van der Waals surface area (Å²) in [5.41, 5.74) is 0. The average Bonchev–Trinajstić information content (AvgIpc) is 3.03. The van der Waals surface area contributed by atoms with E-state index in [1.54, 1.807) is 37.5 Å². The lowest BCUT2D eigenvalue weighted by molar-refractivity contribution is -0.127. The quantitative estimate of drug-likeness (QED) is 0.844. The van der Waals surface area contributed by atoms with Crippen molar-refractivity contribution in [2.45, 2.75) is 19.1 Å². The zero-order valence-corrected chi connectivity index (χ0v) is 14.2. The van der Waals surface area contributed by atoms with Gasteiger partial charge >= 0.3 is 0 Å². The van der Waals surface area contributed by atoms with Crippen molar-refractivity contribution in [2.75, 3.05) is 20.6 Å². The van der Waals surface area contributed by atoms with Crippen molar-refractivity contribution >= 4 is 17.5 Å². The van der Waals surface area contributed by atoms with Crippen molar-refractivity contribution in [3.05, 3.63) is 53.4 Å². The van der Waals surface area contributed by atoms with Gasteiger partial charge in [-0.1, -0.05) is 11.6 Å². The van der Waals surface area contributed by atoms with Crippen molar-refractivity contribution in [1.82, 2.24) is 10.2 Å². The third kappa shape index (κ3) is 5.01. The Bertz CT molecular complexity index is 611. The van der Waals surface area contributed by atoms with Gasteiger partial charge in [0.2, 0.25) is 0 Å². The summed E-state index contributed by atoms with van der Waals surface area (Å²) in [5.74, 6) is 1.23. The maximum Gasteiger partial charge on any atom is 0.260 e. The zero-order valence-electron chi connectivity index (χ0n) is 13.5. The van der Waals surface area contributed by atoms with Crippen LogP contribution in [0.3, 0.4) is 0 Å². The highest BCUT2D eigenvalue weighted by molar-refractivity contribution is 6.30. The van der Waals surface area contributed by atoms with Crippen molar-refractivity contribution < 1.29 is 13.9 Å². The Labute approximate surface area is 141 Å². The summed E-state index contributed by atoms with van der Waals surface area (Å²) in [6.45, 7) is 2.15. The molecule has 0 aliphatic carbocycles. The fourth-order valence-electron chi connectivity index (χ4n) is 2.13. The summed E-state index contributed by atoms with van der Waals surface area (Å²) in [5, 5.41) is 3.52. The molecule has 0 spiro atoms. The lowest BCUT2D eigenvalue weighted by Gasteiger charge is -2.23. The van der Waals surface area contributed by atoms with Crippen LogP contribution in [0.15, 0.2) is 47.1 Å². The van der Waals surface area contributed by atoms with E-state index in [9.17, 15) is 4.79 Å². The highest BCUT2D eigenvalue weighted by Crippen LogP contribution is 2.18. The first kappa shape index (κ1) is 17.4. The minimum absolute atomic E-state index is 0.0309. The summed E-state index contributed by atoms with van der Waals surface area (Å²) < 4.78 is 11.0. The number of amides is 1. The highest BCUT2D eigenvalue weighted by Gasteiger charge is 2.20. The lowest BCUT2D eigenvalue weighted by atomic mass is 10.2. The van der Waals surface area contributed by atoms with E-state index in [-0.39, 0.29) is 11.9 Å². The molecule has 0 saturated carbocycles. The van der Waals surface area contributed by atoms with E-state index < -0.39 is 6.10 Å². The van der Waals surface area contributed by atoms with Crippen LogP contribution in [0.5, 0.6) is 5.75 Å². The van der Waals surface area contributed by atoms with Crippen LogP contribution in [0.2, 0.25) is 5.02 Å². The number of halogens is 1. The van der Waals surface area contributed by atoms with E-state index >= 15 is 0 Å². The summed E-state index contributed by atoms with van der Waals surface area (Å²) >= 11 is 5.83. The number of hydrogen-bond acceptors (Lipinski definition) is 4. The Balaban J connectivity index is 1.88. The molecule has 1 N–H and O–H groups in total. The van der Waals surface area contributed by atoms with Gasteiger partial charge in [-0.3, -0.25) is 9.69 Å². The monoisotopic (exact) mass is 336 g/mol. The van der Waals surface area contributed by atoms with E-state index in [2.05, 4.69) is 5.32 Å². The predicted octanol–water partition coefficient (Wildman–Crippen LogP) is 3.12. The third-order valence-corrected chi connectivity index (χ3v) is 3.71. The van der Waals surface area contributed by atoms with Gasteiger partial charge in [-0.15, -0.1) is 0 Å². The van der Waals surface area contributed by atoms with Crippen molar-refractivity contribution in [1.29, 1.82) is 0 Å². The largest absolute Gasteiger partial charge is 0.481 e. The molecule has 124 valence electrons. The van der Waals surface area contributed by atoms with Crippen LogP contribution >= 0.6 is 11.6 Å². The normalized spacial score (nSPS) is 13.6. The molecule has 2 atom stereocenters. The Hall–Kier alpha value is -1.98. The molecule has 0 saturated heterocycles. The molecule has 2 unspecified atom stereocenters. The van der Waals surface area contributed by atoms with Crippen LogP contribution in [0.1, 0.15) is 18.7 Å². The molecule has 1 aromatic carbocycles. The minimum atomic E-state index is -0.601. The molecular formula is C17H21ClN2O3. The first-order chi connectivity index (χ1) is 11.0. The van der Waals surface area contributed by atoms with Gasteiger partial charge in [0.05, 0.1) is 12.3 Å². The molecular weight excluding hydrogens is 316 g/mol. The Morgan fingerprint density at radius 2 is 2.00 bits per heavy atom. The maximum absolute atomic E-state index is 12.2. The molecule has 1 aromatic heterocycles. The molecule has 23 heavy (non-hydrogen) atoms. The maximum atomic E-state index is 12.2. The molecule has 0 aliphatic heterocycles. The zero-order chi connectivity index (χ0) is 16.8. The van der Waals surface area contributed by atoms with Gasteiger partial charge in [-0.25, -0.2) is 0 Å². The van der Waals surface area contributed by atoms with Gasteiger partial charge in [-0.05, 0) is 57.4 Å². The molecule has 2 aromatic rings. The van der Waals surface area contributed by atoms with Gasteiger partial charge in [0.15, 0.2) is 6.10 Å². The van der Waals surface area contributed by atoms with Crippen LogP contribution in [0.25, 0.3) is 0 Å². The second-order valence-electron chi connectivity index (χ2n) is 5.45. The summed E-state index contributed by atoms with van der Waals surface area (Å²) in [4.78, 5) is 14.2. The van der Waals surface area contributed by atoms with Crippen LogP contribution in [0, 0.1) is 0 Å². The fourth-order valence-corrected chi connectivity index (χ4v) is 2.26. The molecule has 0 bridgehead atoms. The number of hydrogen-bond donors (Lipinski definition) is 1. The number of nitrogens with zero attached hydrogens (tertiary/aromatic N) is 1. The summed E-state index contributed by atoms with van der Waals surface area (Å²) in [6, 6.07) is 10.6. The van der Waals surface area contributed by atoms with Crippen LogP contribution < -0.4 is 10.1 Å². The van der Waals surface area contributed by atoms with Gasteiger partial charge in [0.25, 0.3) is 5.91 Å². The number of ether oxygens (including phenoxy) is 1. The Morgan fingerprint density at radius 1 is 1.30 bits per heavy atom. The van der Waals surface area contributed by atoms with Crippen LogP contribution in [-0.4, -0.2) is 37.6 Å². The second kappa shape index (κ2) is 8.04. The molecule has 0 radical (unpaired) electrons. The minimum Gasteiger partial charge on any atom is -0.481 e. The molecule has 5 nitrogen and oxygen atoms in total. The van der Waals surface area contributed by atoms with E-state index in [0.29, 0.717) is 17.3 Å². The number of benzene rings is 1. The van der Waals surface area contributed by atoms with E-state index in [1.807, 2.05) is 31.1 Å². The van der Waals surface area contributed by atoms with Crippen molar-refractivity contribution in [3.63, 3.8) is 0 Å². The summed E-state index contributed by atoms with van der Waals surface area (Å²) in [7, 11) is 3.87. The van der Waals surface area contributed by atoms with Crippen molar-refractivity contribution in [2.24, 2.45) is 0 Å². The van der Waals surface area contributed by atoms with E-state index in [4.69, 9.17) is 20.8 Å². The topological polar surface area (TPSA) is 54.7 Å². The van der Waals surface area contributed by atoms with Crippen LogP contribution in [0.4, 0.5) is 0 Å². The molecule has 1 heterocycles. The highest BCUT2D eigenvalue weighted by atomic mass is 35.5. The van der Waals surface area contributed by atoms with E-state index in [0.717, 1.165) is 5.76 Å². The number of rotatable bonds is 7. The Kier molecular flexibility index (Phi) is 6.07. The number of furan rings is 1. The van der Waals surface area contributed by atoms with Gasteiger partial charge in [0, 0.05) is 11.6 Å². The smallest absolute Gasteiger partial charge is 0.260 e.